The number of rotatable bonds is 3. The Bertz CT molecular complexity index is 484. The van der Waals surface area contributed by atoms with Gasteiger partial charge in [-0.2, -0.15) is 0 Å². The van der Waals surface area contributed by atoms with Gasteiger partial charge >= 0.3 is 5.97 Å². The van der Waals surface area contributed by atoms with Gasteiger partial charge in [-0.25, -0.2) is 14.8 Å². The number of hydrogen-bond donors (Lipinski definition) is 1. The van der Waals surface area contributed by atoms with Crippen molar-refractivity contribution in [2.45, 2.75) is 12.8 Å². The normalized spacial score (nSPS) is 16.2. The van der Waals surface area contributed by atoms with Gasteiger partial charge in [-0.3, -0.25) is 4.79 Å². The number of anilines is 1. The highest BCUT2D eigenvalue weighted by molar-refractivity contribution is 5.87. The molecule has 2 heterocycles. The van der Waals surface area contributed by atoms with Gasteiger partial charge in [0.05, 0.1) is 7.11 Å². The number of hydrogen-bond acceptors (Lipinski definition) is 6. The highest BCUT2D eigenvalue weighted by Crippen LogP contribution is 2.20. The van der Waals surface area contributed by atoms with Gasteiger partial charge in [0.25, 0.3) is 0 Å². The molecule has 7 nitrogen and oxygen atoms in total. The minimum absolute atomic E-state index is 0.0833. The van der Waals surface area contributed by atoms with Gasteiger partial charge in [0.2, 0.25) is 11.9 Å². The first kappa shape index (κ1) is 13.3. The zero-order chi connectivity index (χ0) is 13.8. The summed E-state index contributed by atoms with van der Waals surface area (Å²) in [7, 11) is 1.31. The van der Waals surface area contributed by atoms with E-state index < -0.39 is 5.97 Å². The van der Waals surface area contributed by atoms with Crippen molar-refractivity contribution in [1.82, 2.24) is 9.97 Å². The van der Waals surface area contributed by atoms with Crippen LogP contribution in [-0.4, -0.2) is 42.0 Å². The summed E-state index contributed by atoms with van der Waals surface area (Å²) in [4.78, 5) is 32.7. The molecule has 1 aromatic heterocycles. The Balaban J connectivity index is 2.07. The van der Waals surface area contributed by atoms with Crippen LogP contribution < -0.4 is 10.6 Å². The van der Waals surface area contributed by atoms with E-state index in [0.29, 0.717) is 31.9 Å². The number of aromatic nitrogens is 2. The summed E-state index contributed by atoms with van der Waals surface area (Å²) in [5, 5.41) is 0. The number of nitrogens with two attached hydrogens (primary N) is 1. The van der Waals surface area contributed by atoms with Crippen molar-refractivity contribution < 1.29 is 14.3 Å². The molecule has 1 saturated heterocycles. The van der Waals surface area contributed by atoms with Crippen molar-refractivity contribution in [2.75, 3.05) is 25.1 Å². The smallest absolute Gasteiger partial charge is 0.356 e. The predicted octanol–water partition coefficient (Wildman–Crippen LogP) is -0.0351. The Morgan fingerprint density at radius 2 is 2.11 bits per heavy atom. The monoisotopic (exact) mass is 264 g/mol. The van der Waals surface area contributed by atoms with E-state index in [0.717, 1.165) is 0 Å². The molecule has 0 bridgehead atoms. The van der Waals surface area contributed by atoms with Gasteiger partial charge in [-0.05, 0) is 18.9 Å². The molecule has 0 atom stereocenters. The molecule has 7 heteroatoms. The van der Waals surface area contributed by atoms with Crippen LogP contribution in [0.15, 0.2) is 12.3 Å². The van der Waals surface area contributed by atoms with Crippen LogP contribution in [0.5, 0.6) is 0 Å². The minimum Gasteiger partial charge on any atom is -0.464 e. The van der Waals surface area contributed by atoms with E-state index in [9.17, 15) is 9.59 Å². The highest BCUT2D eigenvalue weighted by Gasteiger charge is 2.24. The standard InChI is InChI=1S/C12H16N4O3/c1-19-11(18)9-2-5-14-12(15-9)16-6-3-8(4-7-16)10(13)17/h2,5,8H,3-4,6-7H2,1H3,(H2,13,17). The zero-order valence-electron chi connectivity index (χ0n) is 10.7. The van der Waals surface area contributed by atoms with Crippen LogP contribution in [0.2, 0.25) is 0 Å². The summed E-state index contributed by atoms with van der Waals surface area (Å²) in [5.41, 5.74) is 5.51. The third-order valence-electron chi connectivity index (χ3n) is 3.22. The van der Waals surface area contributed by atoms with E-state index in [-0.39, 0.29) is 17.5 Å². The maximum atomic E-state index is 11.4. The predicted molar refractivity (Wildman–Crippen MR) is 67.5 cm³/mol. The molecule has 102 valence electrons. The molecule has 0 unspecified atom stereocenters. The number of piperidine rings is 1. The molecule has 2 rings (SSSR count). The van der Waals surface area contributed by atoms with E-state index >= 15 is 0 Å². The number of carbonyl (C=O) groups is 2. The van der Waals surface area contributed by atoms with Crippen molar-refractivity contribution in [3.8, 4) is 0 Å². The third-order valence-corrected chi connectivity index (χ3v) is 3.22. The summed E-state index contributed by atoms with van der Waals surface area (Å²) < 4.78 is 4.62. The lowest BCUT2D eigenvalue weighted by molar-refractivity contribution is -0.122. The lowest BCUT2D eigenvalue weighted by Crippen LogP contribution is -2.39. The molecular formula is C12H16N4O3. The average Bonchev–Trinajstić information content (AvgIpc) is 2.46. The fraction of sp³-hybridized carbons (Fsp3) is 0.500. The van der Waals surface area contributed by atoms with E-state index in [2.05, 4.69) is 14.7 Å². The number of ether oxygens (including phenoxy) is 1. The fourth-order valence-electron chi connectivity index (χ4n) is 2.08. The SMILES string of the molecule is COC(=O)c1ccnc(N2CCC(C(N)=O)CC2)n1. The van der Waals surface area contributed by atoms with Crippen molar-refractivity contribution in [3.63, 3.8) is 0 Å². The molecule has 0 aromatic carbocycles. The van der Waals surface area contributed by atoms with Crippen LogP contribution in [0.4, 0.5) is 5.95 Å². The molecule has 19 heavy (non-hydrogen) atoms. The molecule has 1 aliphatic heterocycles. The Labute approximate surface area is 110 Å². The maximum Gasteiger partial charge on any atom is 0.356 e. The van der Waals surface area contributed by atoms with E-state index in [1.165, 1.54) is 19.4 Å². The first-order valence-corrected chi connectivity index (χ1v) is 6.07. The molecular weight excluding hydrogens is 248 g/mol. The van der Waals surface area contributed by atoms with Crippen LogP contribution in [0.3, 0.4) is 0 Å². The van der Waals surface area contributed by atoms with Crippen LogP contribution in [0.25, 0.3) is 0 Å². The summed E-state index contributed by atoms with van der Waals surface area (Å²) in [5.74, 6) is -0.356. The summed E-state index contributed by atoms with van der Waals surface area (Å²) >= 11 is 0. The molecule has 1 fully saturated rings. The van der Waals surface area contributed by atoms with Gasteiger partial charge in [0, 0.05) is 25.2 Å². The number of primary amides is 1. The molecule has 0 aliphatic carbocycles. The number of amides is 1. The van der Waals surface area contributed by atoms with Gasteiger partial charge in [0.15, 0.2) is 5.69 Å². The second-order valence-electron chi connectivity index (χ2n) is 4.40. The Hall–Kier alpha value is -2.18. The molecule has 0 saturated carbocycles. The lowest BCUT2D eigenvalue weighted by Gasteiger charge is -2.30. The largest absolute Gasteiger partial charge is 0.464 e. The summed E-state index contributed by atoms with van der Waals surface area (Å²) in [6.07, 6.45) is 2.89. The fourth-order valence-corrected chi connectivity index (χ4v) is 2.08. The zero-order valence-corrected chi connectivity index (χ0v) is 10.7. The van der Waals surface area contributed by atoms with Crippen molar-refractivity contribution in [1.29, 1.82) is 0 Å². The number of carbonyl (C=O) groups excluding carboxylic acids is 2. The second-order valence-corrected chi connectivity index (χ2v) is 4.40. The van der Waals surface area contributed by atoms with Crippen LogP contribution >= 0.6 is 0 Å². The minimum atomic E-state index is -0.490. The average molecular weight is 264 g/mol. The first-order valence-electron chi connectivity index (χ1n) is 6.07. The van der Waals surface area contributed by atoms with Crippen molar-refractivity contribution >= 4 is 17.8 Å². The number of methoxy groups -OCH3 is 1. The Morgan fingerprint density at radius 1 is 1.42 bits per heavy atom. The van der Waals surface area contributed by atoms with Gasteiger partial charge < -0.3 is 15.4 Å². The topological polar surface area (TPSA) is 98.4 Å². The van der Waals surface area contributed by atoms with Crippen LogP contribution in [-0.2, 0) is 9.53 Å². The molecule has 1 amide bonds. The number of esters is 1. The van der Waals surface area contributed by atoms with E-state index in [1.807, 2.05) is 4.90 Å². The maximum absolute atomic E-state index is 11.4. The van der Waals surface area contributed by atoms with Gasteiger partial charge in [0.1, 0.15) is 0 Å². The van der Waals surface area contributed by atoms with E-state index in [4.69, 9.17) is 5.73 Å². The second kappa shape index (κ2) is 5.64. The summed E-state index contributed by atoms with van der Waals surface area (Å²) in [6.45, 7) is 1.30. The van der Waals surface area contributed by atoms with E-state index in [1.54, 1.807) is 0 Å². The van der Waals surface area contributed by atoms with Gasteiger partial charge in [-0.15, -0.1) is 0 Å². The highest BCUT2D eigenvalue weighted by atomic mass is 16.5. The Morgan fingerprint density at radius 3 is 2.68 bits per heavy atom. The lowest BCUT2D eigenvalue weighted by atomic mass is 9.96. The van der Waals surface area contributed by atoms with Gasteiger partial charge in [-0.1, -0.05) is 0 Å². The molecule has 1 aromatic rings. The van der Waals surface area contributed by atoms with Crippen molar-refractivity contribution in [3.05, 3.63) is 18.0 Å². The van der Waals surface area contributed by atoms with Crippen molar-refractivity contribution in [2.24, 2.45) is 11.7 Å². The van der Waals surface area contributed by atoms with Crippen LogP contribution in [0.1, 0.15) is 23.3 Å². The quantitative estimate of drug-likeness (QED) is 0.769. The number of nitrogens with zero attached hydrogens (tertiary/aromatic N) is 3. The summed E-state index contributed by atoms with van der Waals surface area (Å²) in [6, 6.07) is 1.51. The van der Waals surface area contributed by atoms with Crippen LogP contribution in [0, 0.1) is 5.92 Å². The first-order chi connectivity index (χ1) is 9.11. The molecule has 1 aliphatic rings. The molecule has 0 radical (unpaired) electrons. The third kappa shape index (κ3) is 2.98. The molecule has 2 N–H and O–H groups in total. The molecule has 0 spiro atoms. The Kier molecular flexibility index (Phi) is 3.94.